The molecule has 1 aliphatic rings. The molecule has 1 saturated heterocycles. The second-order valence-electron chi connectivity index (χ2n) is 3.09. The van der Waals surface area contributed by atoms with Gasteiger partial charge in [0.2, 0.25) is 0 Å². The Hall–Kier alpha value is 0.260. The number of nitrogens with one attached hydrogen (secondary N) is 1. The van der Waals surface area contributed by atoms with Crippen LogP contribution in [0.1, 0.15) is 6.42 Å². The van der Waals surface area contributed by atoms with Crippen molar-refractivity contribution in [1.82, 2.24) is 5.32 Å². The van der Waals surface area contributed by atoms with Gasteiger partial charge in [0.1, 0.15) is 5.78 Å². The Bertz CT molecular complexity index is 301. The molecule has 0 bridgehead atoms. The van der Waals surface area contributed by atoms with Crippen LogP contribution < -0.4 is 5.32 Å². The number of hydrogen-bond donors (Lipinski definition) is 4. The standard InChI is InChI=1S/C5H13NO6P2/c1-12-14(10,11)5-4(2-3-6-5)13(7,8)9/h4-6H,2-3H2,1H3,(H,10,11)(H2,7,8,9). The number of rotatable bonds is 3. The summed E-state index contributed by atoms with van der Waals surface area (Å²) in [6.07, 6.45) is 0.169. The van der Waals surface area contributed by atoms with Crippen molar-refractivity contribution in [2.45, 2.75) is 17.9 Å². The summed E-state index contributed by atoms with van der Waals surface area (Å²) in [4.78, 5) is 27.1. The summed E-state index contributed by atoms with van der Waals surface area (Å²) in [5.41, 5.74) is -1.14. The molecule has 7 nitrogen and oxygen atoms in total. The van der Waals surface area contributed by atoms with Crippen LogP contribution in [0, 0.1) is 0 Å². The SMILES string of the molecule is COP(=O)(O)C1NCCC1P(=O)(O)O. The van der Waals surface area contributed by atoms with Gasteiger partial charge in [-0.3, -0.25) is 9.13 Å². The molecule has 3 atom stereocenters. The third-order valence-electron chi connectivity index (χ3n) is 2.20. The van der Waals surface area contributed by atoms with Crippen LogP contribution in [0.3, 0.4) is 0 Å². The molecule has 0 aliphatic carbocycles. The van der Waals surface area contributed by atoms with Crippen LogP contribution in [0.5, 0.6) is 0 Å². The van der Waals surface area contributed by atoms with Crippen molar-refractivity contribution >= 4 is 15.2 Å². The van der Waals surface area contributed by atoms with E-state index in [9.17, 15) is 14.0 Å². The van der Waals surface area contributed by atoms with E-state index in [4.69, 9.17) is 9.79 Å². The van der Waals surface area contributed by atoms with Gasteiger partial charge in [0.15, 0.2) is 0 Å². The maximum Gasteiger partial charge on any atom is 0.345 e. The Balaban J connectivity index is 2.90. The van der Waals surface area contributed by atoms with Gasteiger partial charge in [-0.05, 0) is 13.0 Å². The van der Waals surface area contributed by atoms with Crippen LogP contribution in [0.25, 0.3) is 0 Å². The van der Waals surface area contributed by atoms with Crippen LogP contribution in [-0.4, -0.2) is 39.8 Å². The average Bonchev–Trinajstić information content (AvgIpc) is 2.51. The third kappa shape index (κ3) is 2.44. The Labute approximate surface area is 81.2 Å². The molecule has 3 unspecified atom stereocenters. The highest BCUT2D eigenvalue weighted by atomic mass is 31.2. The predicted molar refractivity (Wildman–Crippen MR) is 49.1 cm³/mol. The van der Waals surface area contributed by atoms with Crippen molar-refractivity contribution in [3.8, 4) is 0 Å². The zero-order chi connectivity index (χ0) is 11.0. The van der Waals surface area contributed by atoms with Crippen LogP contribution in [0.15, 0.2) is 0 Å². The van der Waals surface area contributed by atoms with E-state index in [-0.39, 0.29) is 6.42 Å². The molecule has 1 aliphatic heterocycles. The van der Waals surface area contributed by atoms with Crippen molar-refractivity contribution in [1.29, 1.82) is 0 Å². The predicted octanol–water partition coefficient (Wildman–Crippen LogP) is -0.316. The van der Waals surface area contributed by atoms with Crippen LogP contribution >= 0.6 is 15.2 Å². The molecule has 1 fully saturated rings. The van der Waals surface area contributed by atoms with Crippen molar-refractivity contribution in [2.75, 3.05) is 13.7 Å². The fourth-order valence-corrected chi connectivity index (χ4v) is 4.61. The van der Waals surface area contributed by atoms with Gasteiger partial charge in [0.25, 0.3) is 0 Å². The quantitative estimate of drug-likeness (QED) is 0.503. The zero-order valence-corrected chi connectivity index (χ0v) is 9.32. The monoisotopic (exact) mass is 245 g/mol. The summed E-state index contributed by atoms with van der Waals surface area (Å²) in [6.45, 7) is 0.300. The van der Waals surface area contributed by atoms with E-state index in [2.05, 4.69) is 9.84 Å². The van der Waals surface area contributed by atoms with E-state index in [1.807, 2.05) is 0 Å². The average molecular weight is 245 g/mol. The van der Waals surface area contributed by atoms with Gasteiger partial charge >= 0.3 is 15.2 Å². The first-order chi connectivity index (χ1) is 6.29. The van der Waals surface area contributed by atoms with Gasteiger partial charge in [-0.2, -0.15) is 0 Å². The molecule has 14 heavy (non-hydrogen) atoms. The highest BCUT2D eigenvalue weighted by Crippen LogP contribution is 2.58. The first-order valence-corrected chi connectivity index (χ1v) is 7.28. The van der Waals surface area contributed by atoms with Crippen molar-refractivity contribution in [3.63, 3.8) is 0 Å². The highest BCUT2D eigenvalue weighted by Gasteiger charge is 2.49. The smallest absolute Gasteiger partial charge is 0.324 e. The van der Waals surface area contributed by atoms with Crippen LogP contribution in [0.2, 0.25) is 0 Å². The van der Waals surface area contributed by atoms with E-state index in [0.29, 0.717) is 6.54 Å². The van der Waals surface area contributed by atoms with Crippen molar-refractivity contribution in [2.24, 2.45) is 0 Å². The van der Waals surface area contributed by atoms with E-state index >= 15 is 0 Å². The molecule has 0 radical (unpaired) electrons. The molecule has 0 aromatic rings. The first kappa shape index (κ1) is 12.3. The summed E-state index contributed by atoms with van der Waals surface area (Å²) < 4.78 is 26.7. The van der Waals surface area contributed by atoms with E-state index in [1.165, 1.54) is 0 Å². The van der Waals surface area contributed by atoms with Gasteiger partial charge in [0, 0.05) is 7.11 Å². The minimum atomic E-state index is -4.35. The van der Waals surface area contributed by atoms with Crippen molar-refractivity contribution in [3.05, 3.63) is 0 Å². The molecule has 0 saturated carbocycles. The summed E-state index contributed by atoms with van der Waals surface area (Å²) >= 11 is 0. The van der Waals surface area contributed by atoms with Gasteiger partial charge in [-0.1, -0.05) is 0 Å². The highest BCUT2D eigenvalue weighted by molar-refractivity contribution is 7.57. The molecule has 0 spiro atoms. The topological polar surface area (TPSA) is 116 Å². The minimum absolute atomic E-state index is 0.169. The third-order valence-corrected chi connectivity index (χ3v) is 5.63. The molecule has 9 heteroatoms. The van der Waals surface area contributed by atoms with Gasteiger partial charge < -0.3 is 24.5 Å². The molecule has 0 amide bonds. The van der Waals surface area contributed by atoms with E-state index in [0.717, 1.165) is 7.11 Å². The maximum atomic E-state index is 11.4. The molecular formula is C5H13NO6P2. The minimum Gasteiger partial charge on any atom is -0.324 e. The molecular weight excluding hydrogens is 232 g/mol. The summed E-state index contributed by atoms with van der Waals surface area (Å²) in [5, 5.41) is 2.57. The fraction of sp³-hybridized carbons (Fsp3) is 1.00. The lowest BCUT2D eigenvalue weighted by Crippen LogP contribution is -2.30. The molecule has 1 rings (SSSR count). The molecule has 1 heterocycles. The lowest BCUT2D eigenvalue weighted by Gasteiger charge is -2.23. The van der Waals surface area contributed by atoms with Gasteiger partial charge in [-0.15, -0.1) is 0 Å². The summed E-state index contributed by atoms with van der Waals surface area (Å²) in [5.74, 6) is -1.17. The van der Waals surface area contributed by atoms with E-state index < -0.39 is 26.6 Å². The normalized spacial score (nSPS) is 32.9. The Kier molecular flexibility index (Phi) is 3.54. The molecule has 0 aromatic carbocycles. The maximum absolute atomic E-state index is 11.4. The largest absolute Gasteiger partial charge is 0.345 e. The molecule has 84 valence electrons. The summed E-state index contributed by atoms with van der Waals surface area (Å²) in [7, 11) is -7.29. The van der Waals surface area contributed by atoms with Gasteiger partial charge in [-0.25, -0.2) is 0 Å². The second-order valence-corrected chi connectivity index (χ2v) is 6.98. The summed E-state index contributed by atoms with van der Waals surface area (Å²) in [6, 6.07) is 0. The fourth-order valence-electron chi connectivity index (χ4n) is 1.47. The van der Waals surface area contributed by atoms with Crippen LogP contribution in [0.4, 0.5) is 0 Å². The number of hydrogen-bond acceptors (Lipinski definition) is 4. The van der Waals surface area contributed by atoms with Crippen LogP contribution in [-0.2, 0) is 13.7 Å². The first-order valence-electron chi connectivity index (χ1n) is 3.96. The van der Waals surface area contributed by atoms with Crippen molar-refractivity contribution < 1.29 is 28.3 Å². The Morgan fingerprint density at radius 3 is 2.36 bits per heavy atom. The Morgan fingerprint density at radius 1 is 1.36 bits per heavy atom. The lowest BCUT2D eigenvalue weighted by atomic mass is 10.4. The molecule has 4 N–H and O–H groups in total. The van der Waals surface area contributed by atoms with E-state index in [1.54, 1.807) is 0 Å². The van der Waals surface area contributed by atoms with Gasteiger partial charge in [0.05, 0.1) is 5.66 Å². The zero-order valence-electron chi connectivity index (χ0n) is 7.53. The Morgan fingerprint density at radius 2 is 1.93 bits per heavy atom. The second kappa shape index (κ2) is 4.02. The molecule has 0 aromatic heterocycles. The lowest BCUT2D eigenvalue weighted by molar-refractivity contribution is 0.294.